The fraction of sp³-hybridized carbons (Fsp3) is 0.529. The number of nitrogens with one attached hydrogen (secondary N) is 2. The number of rotatable bonds is 9. The Hall–Kier alpha value is -2.85. The predicted octanol–water partition coefficient (Wildman–Crippen LogP) is 1.93. The minimum atomic E-state index is -4.40. The van der Waals surface area contributed by atoms with Gasteiger partial charge in [0, 0.05) is 38.3 Å². The van der Waals surface area contributed by atoms with Gasteiger partial charge in [-0.15, -0.1) is 10.2 Å². The van der Waals surface area contributed by atoms with E-state index < -0.39 is 12.8 Å². The third kappa shape index (κ3) is 7.41. The first kappa shape index (κ1) is 21.5. The van der Waals surface area contributed by atoms with E-state index in [4.69, 9.17) is 0 Å². The highest BCUT2D eigenvalue weighted by Gasteiger charge is 2.28. The number of ether oxygens (including phenoxy) is 1. The number of hydrogen-bond donors (Lipinski definition) is 2. The van der Waals surface area contributed by atoms with E-state index in [1.165, 1.54) is 12.3 Å². The van der Waals surface area contributed by atoms with Crippen LogP contribution in [0.3, 0.4) is 0 Å². The lowest BCUT2D eigenvalue weighted by Gasteiger charge is -2.12. The van der Waals surface area contributed by atoms with E-state index in [9.17, 15) is 13.2 Å². The van der Waals surface area contributed by atoms with Crippen molar-refractivity contribution in [2.75, 3.05) is 19.7 Å². The first-order chi connectivity index (χ1) is 13.4. The van der Waals surface area contributed by atoms with Gasteiger partial charge in [0.2, 0.25) is 5.88 Å². The van der Waals surface area contributed by atoms with Crippen LogP contribution in [0.25, 0.3) is 0 Å². The van der Waals surface area contributed by atoms with Crippen molar-refractivity contribution in [3.05, 3.63) is 36.0 Å². The number of alkyl halides is 3. The summed E-state index contributed by atoms with van der Waals surface area (Å²) in [6.07, 6.45) is -0.519. The van der Waals surface area contributed by atoms with Crippen LogP contribution in [-0.2, 0) is 19.5 Å². The molecule has 28 heavy (non-hydrogen) atoms. The quantitative estimate of drug-likeness (QED) is 0.495. The zero-order chi connectivity index (χ0) is 20.4. The zero-order valence-corrected chi connectivity index (χ0v) is 15.8. The summed E-state index contributed by atoms with van der Waals surface area (Å²) in [5.74, 6) is 1.43. The van der Waals surface area contributed by atoms with Crippen LogP contribution in [0, 0.1) is 0 Å². The van der Waals surface area contributed by atoms with Gasteiger partial charge in [0.25, 0.3) is 0 Å². The SMILES string of the molecule is CCNC(=NCc1ccnc(OCC(F)(F)F)c1)NCCn1cnnc1CC. The lowest BCUT2D eigenvalue weighted by molar-refractivity contribution is -0.154. The van der Waals surface area contributed by atoms with Crippen molar-refractivity contribution < 1.29 is 17.9 Å². The second-order valence-corrected chi connectivity index (χ2v) is 5.82. The number of hydrogen-bond acceptors (Lipinski definition) is 5. The smallest absolute Gasteiger partial charge is 0.422 e. The summed E-state index contributed by atoms with van der Waals surface area (Å²) in [4.78, 5) is 8.23. The number of aliphatic imine (C=N–C) groups is 1. The summed E-state index contributed by atoms with van der Waals surface area (Å²) in [6, 6.07) is 3.13. The summed E-state index contributed by atoms with van der Waals surface area (Å²) in [5, 5.41) is 14.3. The summed E-state index contributed by atoms with van der Waals surface area (Å²) in [7, 11) is 0. The molecule has 11 heteroatoms. The molecule has 2 aromatic rings. The Balaban J connectivity index is 1.90. The fourth-order valence-corrected chi connectivity index (χ4v) is 2.33. The van der Waals surface area contributed by atoms with E-state index in [0.29, 0.717) is 31.2 Å². The molecule has 2 rings (SSSR count). The van der Waals surface area contributed by atoms with Gasteiger partial charge in [-0.05, 0) is 18.6 Å². The minimum absolute atomic E-state index is 0.0808. The summed E-state index contributed by atoms with van der Waals surface area (Å²) < 4.78 is 43.4. The molecule has 154 valence electrons. The molecule has 0 aliphatic heterocycles. The van der Waals surface area contributed by atoms with Crippen LogP contribution in [0.4, 0.5) is 13.2 Å². The van der Waals surface area contributed by atoms with E-state index in [0.717, 1.165) is 12.2 Å². The van der Waals surface area contributed by atoms with Gasteiger partial charge in [0.1, 0.15) is 12.2 Å². The van der Waals surface area contributed by atoms with Gasteiger partial charge < -0.3 is 19.9 Å². The van der Waals surface area contributed by atoms with Crippen molar-refractivity contribution in [2.45, 2.75) is 39.5 Å². The van der Waals surface area contributed by atoms with Crippen molar-refractivity contribution >= 4 is 5.96 Å². The molecule has 2 heterocycles. The Morgan fingerprint density at radius 3 is 2.82 bits per heavy atom. The maximum absolute atomic E-state index is 12.2. The van der Waals surface area contributed by atoms with Gasteiger partial charge in [-0.25, -0.2) is 9.98 Å². The summed E-state index contributed by atoms with van der Waals surface area (Å²) in [5.41, 5.74) is 0.691. The average molecular weight is 399 g/mol. The van der Waals surface area contributed by atoms with Crippen molar-refractivity contribution in [1.29, 1.82) is 0 Å². The Kier molecular flexibility index (Phi) is 8.02. The molecule has 0 radical (unpaired) electrons. The molecular formula is C17H24F3N7O. The third-order valence-corrected chi connectivity index (χ3v) is 3.60. The molecule has 0 spiro atoms. The molecule has 8 nitrogen and oxygen atoms in total. The molecule has 2 N–H and O–H groups in total. The molecule has 0 atom stereocenters. The maximum Gasteiger partial charge on any atom is 0.422 e. The number of aryl methyl sites for hydroxylation is 1. The van der Waals surface area contributed by atoms with Gasteiger partial charge >= 0.3 is 6.18 Å². The van der Waals surface area contributed by atoms with Crippen LogP contribution in [-0.4, -0.2) is 51.6 Å². The monoisotopic (exact) mass is 399 g/mol. The Bertz CT molecular complexity index is 761. The van der Waals surface area contributed by atoms with Gasteiger partial charge in [0.05, 0.1) is 6.54 Å². The molecule has 0 aliphatic rings. The first-order valence-corrected chi connectivity index (χ1v) is 8.94. The lowest BCUT2D eigenvalue weighted by Crippen LogP contribution is -2.38. The standard InChI is InChI=1S/C17H24F3N7O/c1-3-14-26-25-12-27(14)8-7-23-16(21-4-2)24-10-13-5-6-22-15(9-13)28-11-17(18,19)20/h5-6,9,12H,3-4,7-8,10-11H2,1-2H3,(H2,21,23,24). The van der Waals surface area contributed by atoms with Crippen molar-refractivity contribution in [3.8, 4) is 5.88 Å². The molecular weight excluding hydrogens is 375 g/mol. The zero-order valence-electron chi connectivity index (χ0n) is 15.8. The Labute approximate surface area is 161 Å². The highest BCUT2D eigenvalue weighted by atomic mass is 19.4. The van der Waals surface area contributed by atoms with Crippen LogP contribution in [0.15, 0.2) is 29.6 Å². The topological polar surface area (TPSA) is 89.3 Å². The average Bonchev–Trinajstić information content (AvgIpc) is 3.12. The van der Waals surface area contributed by atoms with Crippen LogP contribution in [0.2, 0.25) is 0 Å². The predicted molar refractivity (Wildman–Crippen MR) is 98.0 cm³/mol. The molecule has 0 aromatic carbocycles. The number of nitrogens with zero attached hydrogens (tertiary/aromatic N) is 5. The first-order valence-electron chi connectivity index (χ1n) is 8.94. The number of halogens is 3. The highest BCUT2D eigenvalue weighted by molar-refractivity contribution is 5.79. The summed E-state index contributed by atoms with van der Waals surface area (Å²) >= 11 is 0. The van der Waals surface area contributed by atoms with Crippen LogP contribution in [0.5, 0.6) is 5.88 Å². The van der Waals surface area contributed by atoms with E-state index in [1.54, 1.807) is 12.4 Å². The lowest BCUT2D eigenvalue weighted by atomic mass is 10.3. The molecule has 0 bridgehead atoms. The van der Waals surface area contributed by atoms with Crippen molar-refractivity contribution in [3.63, 3.8) is 0 Å². The van der Waals surface area contributed by atoms with E-state index in [1.807, 2.05) is 18.4 Å². The van der Waals surface area contributed by atoms with Gasteiger partial charge in [0.15, 0.2) is 12.6 Å². The minimum Gasteiger partial charge on any atom is -0.468 e. The van der Waals surface area contributed by atoms with E-state index >= 15 is 0 Å². The summed E-state index contributed by atoms with van der Waals surface area (Å²) in [6.45, 7) is 4.84. The van der Waals surface area contributed by atoms with Gasteiger partial charge in [-0.1, -0.05) is 6.92 Å². The van der Waals surface area contributed by atoms with Crippen LogP contribution >= 0.6 is 0 Å². The Morgan fingerprint density at radius 1 is 1.29 bits per heavy atom. The fourth-order valence-electron chi connectivity index (χ4n) is 2.33. The van der Waals surface area contributed by atoms with Crippen molar-refractivity contribution in [2.24, 2.45) is 4.99 Å². The number of aromatic nitrogens is 4. The largest absolute Gasteiger partial charge is 0.468 e. The normalized spacial score (nSPS) is 12.1. The second-order valence-electron chi connectivity index (χ2n) is 5.82. The van der Waals surface area contributed by atoms with E-state index in [-0.39, 0.29) is 12.4 Å². The number of guanidine groups is 1. The molecule has 0 aliphatic carbocycles. The number of pyridine rings is 1. The molecule has 0 saturated carbocycles. The molecule has 0 fully saturated rings. The molecule has 0 saturated heterocycles. The van der Waals surface area contributed by atoms with Gasteiger partial charge in [-0.3, -0.25) is 0 Å². The molecule has 0 amide bonds. The van der Waals surface area contributed by atoms with E-state index in [2.05, 4.69) is 35.5 Å². The van der Waals surface area contributed by atoms with Crippen LogP contribution in [0.1, 0.15) is 25.2 Å². The third-order valence-electron chi connectivity index (χ3n) is 3.60. The second kappa shape index (κ2) is 10.5. The maximum atomic E-state index is 12.2. The molecule has 2 aromatic heterocycles. The van der Waals surface area contributed by atoms with Gasteiger partial charge in [-0.2, -0.15) is 13.2 Å². The highest BCUT2D eigenvalue weighted by Crippen LogP contribution is 2.17. The van der Waals surface area contributed by atoms with Crippen LogP contribution < -0.4 is 15.4 Å². The van der Waals surface area contributed by atoms with Crippen molar-refractivity contribution in [1.82, 2.24) is 30.4 Å². The molecule has 0 unspecified atom stereocenters. The Morgan fingerprint density at radius 2 is 2.11 bits per heavy atom.